The van der Waals surface area contributed by atoms with Crippen LogP contribution in [0.3, 0.4) is 0 Å². The average molecular weight is 849 g/mol. The van der Waals surface area contributed by atoms with E-state index in [-0.39, 0.29) is 29.7 Å². The molecule has 1 aliphatic rings. The summed E-state index contributed by atoms with van der Waals surface area (Å²) in [4.78, 5) is 2.40. The van der Waals surface area contributed by atoms with Crippen molar-refractivity contribution in [2.24, 2.45) is 0 Å². The molecule has 1 atom stereocenters. The number of fused-ring (bicyclic) bond motifs is 9. The van der Waals surface area contributed by atoms with Crippen molar-refractivity contribution >= 4 is 70.1 Å². The van der Waals surface area contributed by atoms with Crippen molar-refractivity contribution in [1.29, 1.82) is 0 Å². The van der Waals surface area contributed by atoms with Gasteiger partial charge in [0, 0.05) is 36.9 Å². The Morgan fingerprint density at radius 1 is 0.385 bits per heavy atom. The Hall–Kier alpha value is -8.04. The van der Waals surface area contributed by atoms with E-state index in [0.717, 1.165) is 76.4 Å². The van der Waals surface area contributed by atoms with E-state index in [2.05, 4.69) is 175 Å². The van der Waals surface area contributed by atoms with Crippen LogP contribution in [-0.2, 0) is 5.41 Å². The molecular formula is C63H41NS. The van der Waals surface area contributed by atoms with Crippen molar-refractivity contribution in [3.8, 4) is 33.4 Å². The number of benzene rings is 11. The van der Waals surface area contributed by atoms with Gasteiger partial charge in [-0.3, -0.25) is 0 Å². The molecule has 0 spiro atoms. The van der Waals surface area contributed by atoms with Gasteiger partial charge in [0.15, 0.2) is 0 Å². The number of nitrogens with zero attached hydrogens (tertiary/aromatic N) is 1. The van der Waals surface area contributed by atoms with Crippen molar-refractivity contribution in [1.82, 2.24) is 0 Å². The molecule has 1 heterocycles. The molecule has 13 rings (SSSR count). The second kappa shape index (κ2) is 15.1. The molecule has 1 nitrogen and oxygen atoms in total. The summed E-state index contributed by atoms with van der Waals surface area (Å²) >= 11 is 1.78. The average Bonchev–Trinajstić information content (AvgIpc) is 3.94. The Labute approximate surface area is 389 Å². The normalized spacial score (nSPS) is 15.3. The van der Waals surface area contributed by atoms with Gasteiger partial charge in [-0.2, -0.15) is 0 Å². The lowest BCUT2D eigenvalue weighted by Gasteiger charge is -2.34. The van der Waals surface area contributed by atoms with Crippen LogP contribution in [0.5, 0.6) is 0 Å². The Balaban J connectivity index is 1.01. The molecule has 2 heteroatoms. The number of hydrogen-bond donors (Lipinski definition) is 0. The van der Waals surface area contributed by atoms with E-state index < -0.39 is 11.5 Å². The summed E-state index contributed by atoms with van der Waals surface area (Å²) in [6.45, 7) is 0. The Morgan fingerprint density at radius 3 is 1.85 bits per heavy atom. The van der Waals surface area contributed by atoms with Crippen molar-refractivity contribution < 1.29 is 6.85 Å². The number of anilines is 3. The molecule has 1 aliphatic carbocycles. The summed E-state index contributed by atoms with van der Waals surface area (Å²) < 4.78 is 47.5. The predicted octanol–water partition coefficient (Wildman–Crippen LogP) is 17.5. The highest BCUT2D eigenvalue weighted by Gasteiger charge is 2.46. The van der Waals surface area contributed by atoms with Crippen molar-refractivity contribution in [3.05, 3.63) is 271 Å². The molecule has 0 N–H and O–H groups in total. The number of rotatable bonds is 7. The third-order valence-electron chi connectivity index (χ3n) is 13.4. The molecule has 0 radical (unpaired) electrons. The third kappa shape index (κ3) is 5.85. The molecule has 0 saturated carbocycles. The van der Waals surface area contributed by atoms with Crippen LogP contribution in [0.4, 0.5) is 17.1 Å². The van der Waals surface area contributed by atoms with E-state index in [1.807, 2.05) is 48.5 Å². The highest BCUT2D eigenvalue weighted by Crippen LogP contribution is 2.57. The Bertz CT molecular complexity index is 4040. The van der Waals surface area contributed by atoms with Crippen LogP contribution in [0.15, 0.2) is 249 Å². The zero-order chi connectivity index (χ0) is 47.3. The summed E-state index contributed by atoms with van der Waals surface area (Å²) in [5.74, 6) is 0. The second-order valence-electron chi connectivity index (χ2n) is 16.8. The molecule has 0 amide bonds. The van der Waals surface area contributed by atoms with Crippen LogP contribution in [-0.4, -0.2) is 0 Å². The highest BCUT2D eigenvalue weighted by molar-refractivity contribution is 7.26. The minimum atomic E-state index is -1.20. The van der Waals surface area contributed by atoms with Crippen LogP contribution in [0, 0.1) is 0 Å². The fraction of sp³-hybridized carbons (Fsp3) is 0.0159. The summed E-state index contributed by atoms with van der Waals surface area (Å²) in [6.07, 6.45) is 0. The third-order valence-corrected chi connectivity index (χ3v) is 14.6. The van der Waals surface area contributed by atoms with E-state index in [4.69, 9.17) is 4.11 Å². The summed E-state index contributed by atoms with van der Waals surface area (Å²) in [7, 11) is 0. The van der Waals surface area contributed by atoms with E-state index in [1.165, 1.54) is 32.5 Å². The minimum Gasteiger partial charge on any atom is -0.310 e. The van der Waals surface area contributed by atoms with Gasteiger partial charge in [-0.1, -0.05) is 212 Å². The maximum Gasteiger partial charge on any atom is 0.0713 e. The van der Waals surface area contributed by atoms with Gasteiger partial charge in [-0.05, 0) is 108 Å². The van der Waals surface area contributed by atoms with E-state index >= 15 is 0 Å². The molecule has 0 fully saturated rings. The fourth-order valence-corrected chi connectivity index (χ4v) is 11.8. The Kier molecular flexibility index (Phi) is 7.55. The van der Waals surface area contributed by atoms with Gasteiger partial charge in [0.2, 0.25) is 0 Å². The molecule has 65 heavy (non-hydrogen) atoms. The van der Waals surface area contributed by atoms with Gasteiger partial charge >= 0.3 is 0 Å². The van der Waals surface area contributed by atoms with Gasteiger partial charge in [0.05, 0.1) is 18.0 Å². The minimum absolute atomic E-state index is 0.205. The van der Waals surface area contributed by atoms with Gasteiger partial charge in [-0.15, -0.1) is 11.3 Å². The molecule has 12 aromatic rings. The summed E-state index contributed by atoms with van der Waals surface area (Å²) in [5, 5.41) is 7.09. The molecule has 304 valence electrons. The standard InChI is InChI=1S/C63H41NS/c1-4-17-42(18-5-1)43-31-34-48(35-32-43)64(60-40-44-19-10-11-24-50(44)52-25-12-13-27-55(52)60)49-36-38-56-57-29-16-28-51(62(57)65-61(56)41-49)45-33-37-54-53-26-14-15-30-58(53)63(59(54)39-45,46-20-6-2-7-21-46)47-22-8-3-9-23-47/h1-41H/i2D,6D,7D,20D,21D. The monoisotopic (exact) mass is 848 g/mol. The van der Waals surface area contributed by atoms with Gasteiger partial charge in [-0.25, -0.2) is 0 Å². The molecule has 0 aliphatic heterocycles. The first-order valence-electron chi connectivity index (χ1n) is 24.5. The number of thiophene rings is 1. The maximum atomic E-state index is 9.45. The van der Waals surface area contributed by atoms with Crippen molar-refractivity contribution in [2.45, 2.75) is 5.41 Å². The quantitative estimate of drug-likeness (QED) is 0.144. The zero-order valence-corrected chi connectivity index (χ0v) is 36.0. The van der Waals surface area contributed by atoms with E-state index in [0.29, 0.717) is 0 Å². The first-order chi connectivity index (χ1) is 34.3. The van der Waals surface area contributed by atoms with Crippen LogP contribution in [0.1, 0.15) is 29.1 Å². The van der Waals surface area contributed by atoms with Crippen molar-refractivity contribution in [2.75, 3.05) is 4.90 Å². The second-order valence-corrected chi connectivity index (χ2v) is 17.8. The maximum absolute atomic E-state index is 9.45. The number of hydrogen-bond acceptors (Lipinski definition) is 2. The predicted molar refractivity (Wildman–Crippen MR) is 277 cm³/mol. The van der Waals surface area contributed by atoms with Gasteiger partial charge in [0.1, 0.15) is 0 Å². The molecule has 0 bridgehead atoms. The largest absolute Gasteiger partial charge is 0.310 e. The Morgan fingerprint density at radius 2 is 1.02 bits per heavy atom. The topological polar surface area (TPSA) is 3.24 Å². The fourth-order valence-electron chi connectivity index (χ4n) is 10.5. The smallest absolute Gasteiger partial charge is 0.0713 e. The van der Waals surface area contributed by atoms with Crippen LogP contribution in [0.25, 0.3) is 75.1 Å². The molecule has 1 aromatic heterocycles. The zero-order valence-electron chi connectivity index (χ0n) is 40.1. The molecule has 1 unspecified atom stereocenters. The molecule has 11 aromatic carbocycles. The lowest BCUT2D eigenvalue weighted by Crippen LogP contribution is -2.28. The van der Waals surface area contributed by atoms with E-state index in [1.54, 1.807) is 11.3 Å². The SMILES string of the molecule is [2H]c1c([2H])c([2H])c(C2(c3ccccc3)c3ccccc3-c3ccc(-c4cccc5c4sc4cc(N(c6ccc(-c7ccccc7)cc6)c6cc7ccccc7c7ccccc67)ccc45)cc32)c([2H])c1[2H]. The van der Waals surface area contributed by atoms with Crippen LogP contribution >= 0.6 is 11.3 Å². The van der Waals surface area contributed by atoms with Crippen LogP contribution < -0.4 is 4.90 Å². The van der Waals surface area contributed by atoms with Gasteiger partial charge < -0.3 is 4.90 Å². The lowest BCUT2D eigenvalue weighted by molar-refractivity contribution is 0.769. The summed E-state index contributed by atoms with van der Waals surface area (Å²) in [6, 6.07) is 75.4. The summed E-state index contributed by atoms with van der Waals surface area (Å²) in [5.41, 5.74) is 11.2. The molecular weight excluding hydrogens is 803 g/mol. The first-order valence-corrected chi connectivity index (χ1v) is 22.8. The lowest BCUT2D eigenvalue weighted by atomic mass is 9.67. The van der Waals surface area contributed by atoms with Crippen molar-refractivity contribution in [3.63, 3.8) is 0 Å². The highest BCUT2D eigenvalue weighted by atomic mass is 32.1. The first kappa shape index (κ1) is 32.6. The van der Waals surface area contributed by atoms with Gasteiger partial charge in [0.25, 0.3) is 0 Å². The van der Waals surface area contributed by atoms with E-state index in [9.17, 15) is 2.74 Å². The van der Waals surface area contributed by atoms with Crippen LogP contribution in [0.2, 0.25) is 0 Å². The molecule has 0 saturated heterocycles.